The van der Waals surface area contributed by atoms with E-state index in [-0.39, 0.29) is 6.61 Å². The summed E-state index contributed by atoms with van der Waals surface area (Å²) < 4.78 is 2.25. The summed E-state index contributed by atoms with van der Waals surface area (Å²) in [5.41, 5.74) is 1.06. The van der Waals surface area contributed by atoms with Gasteiger partial charge < -0.3 is 9.67 Å². The first-order valence-corrected chi connectivity index (χ1v) is 5.18. The number of aliphatic hydroxyl groups is 1. The highest BCUT2D eigenvalue weighted by Crippen LogP contribution is 2.29. The second-order valence-corrected chi connectivity index (χ2v) is 3.86. The molecule has 1 heterocycles. The largest absolute Gasteiger partial charge is 0.390 e. The zero-order valence-electron chi connectivity index (χ0n) is 7.95. The minimum atomic E-state index is 0.170. The van der Waals surface area contributed by atoms with E-state index in [0.29, 0.717) is 6.04 Å². The maximum atomic E-state index is 9.12. The van der Waals surface area contributed by atoms with Crippen LogP contribution in [0.4, 0.5) is 0 Å². The molecule has 0 bridgehead atoms. The lowest BCUT2D eigenvalue weighted by Crippen LogP contribution is -2.14. The van der Waals surface area contributed by atoms with Crippen molar-refractivity contribution in [3.05, 3.63) is 24.0 Å². The van der Waals surface area contributed by atoms with E-state index in [1.807, 2.05) is 12.1 Å². The van der Waals surface area contributed by atoms with Crippen LogP contribution in [0, 0.1) is 0 Å². The number of hydrogen-bond donors (Lipinski definition) is 1. The number of hydrogen-bond acceptors (Lipinski definition) is 1. The van der Waals surface area contributed by atoms with E-state index in [9.17, 15) is 0 Å². The van der Waals surface area contributed by atoms with E-state index in [0.717, 1.165) is 5.69 Å². The van der Waals surface area contributed by atoms with Crippen LogP contribution < -0.4 is 0 Å². The number of aliphatic hydroxyl groups excluding tert-OH is 1. The minimum absolute atomic E-state index is 0.170. The van der Waals surface area contributed by atoms with E-state index < -0.39 is 0 Å². The Labute approximate surface area is 79.2 Å². The molecule has 2 nitrogen and oxygen atoms in total. The zero-order chi connectivity index (χ0) is 9.10. The molecule has 2 rings (SSSR count). The lowest BCUT2D eigenvalue weighted by atomic mass is 9.95. The Morgan fingerprint density at radius 3 is 2.77 bits per heavy atom. The first kappa shape index (κ1) is 8.82. The molecule has 0 aliphatic heterocycles. The maximum Gasteiger partial charge on any atom is 0.0832 e. The second-order valence-electron chi connectivity index (χ2n) is 3.86. The van der Waals surface area contributed by atoms with Crippen LogP contribution in [-0.4, -0.2) is 9.67 Å². The molecular weight excluding hydrogens is 162 g/mol. The van der Waals surface area contributed by atoms with E-state index in [4.69, 9.17) is 5.11 Å². The fraction of sp³-hybridized carbons (Fsp3) is 0.636. The third-order valence-corrected chi connectivity index (χ3v) is 3.00. The Balaban J connectivity index is 2.13. The standard InChI is InChI=1S/C11H17NO/c13-9-11-7-4-8-12(11)10-5-2-1-3-6-10/h4,7-8,10,13H,1-3,5-6,9H2. The summed E-state index contributed by atoms with van der Waals surface area (Å²) in [5, 5.41) is 9.12. The molecule has 0 radical (unpaired) electrons. The van der Waals surface area contributed by atoms with E-state index >= 15 is 0 Å². The lowest BCUT2D eigenvalue weighted by Gasteiger charge is -2.25. The molecule has 2 heteroatoms. The van der Waals surface area contributed by atoms with Crippen molar-refractivity contribution < 1.29 is 5.11 Å². The van der Waals surface area contributed by atoms with Gasteiger partial charge in [-0.25, -0.2) is 0 Å². The van der Waals surface area contributed by atoms with Gasteiger partial charge >= 0.3 is 0 Å². The van der Waals surface area contributed by atoms with Crippen molar-refractivity contribution in [2.24, 2.45) is 0 Å². The predicted molar refractivity (Wildman–Crippen MR) is 52.5 cm³/mol. The number of rotatable bonds is 2. The summed E-state index contributed by atoms with van der Waals surface area (Å²) in [7, 11) is 0. The maximum absolute atomic E-state index is 9.12. The third-order valence-electron chi connectivity index (χ3n) is 3.00. The Hall–Kier alpha value is -0.760. The van der Waals surface area contributed by atoms with Gasteiger partial charge in [-0.15, -0.1) is 0 Å². The summed E-state index contributed by atoms with van der Waals surface area (Å²) in [6.07, 6.45) is 8.72. The van der Waals surface area contributed by atoms with E-state index in [1.54, 1.807) is 0 Å². The molecule has 0 aromatic carbocycles. The van der Waals surface area contributed by atoms with Gasteiger partial charge in [0, 0.05) is 17.9 Å². The quantitative estimate of drug-likeness (QED) is 0.741. The average molecular weight is 179 g/mol. The highest BCUT2D eigenvalue weighted by Gasteiger charge is 2.16. The molecule has 1 N–H and O–H groups in total. The summed E-state index contributed by atoms with van der Waals surface area (Å²) in [4.78, 5) is 0. The molecule has 1 aliphatic carbocycles. The molecule has 1 aromatic heterocycles. The van der Waals surface area contributed by atoms with Crippen molar-refractivity contribution in [1.29, 1.82) is 0 Å². The molecule has 0 amide bonds. The molecule has 1 aliphatic rings. The van der Waals surface area contributed by atoms with Gasteiger partial charge in [-0.2, -0.15) is 0 Å². The second kappa shape index (κ2) is 3.97. The van der Waals surface area contributed by atoms with Crippen LogP contribution in [0.3, 0.4) is 0 Å². The fourth-order valence-corrected chi connectivity index (χ4v) is 2.28. The van der Waals surface area contributed by atoms with Crippen LogP contribution in [0.5, 0.6) is 0 Å². The topological polar surface area (TPSA) is 25.2 Å². The monoisotopic (exact) mass is 179 g/mol. The highest BCUT2D eigenvalue weighted by atomic mass is 16.3. The summed E-state index contributed by atoms with van der Waals surface area (Å²) in [5.74, 6) is 0. The molecular formula is C11H17NO. The van der Waals surface area contributed by atoms with Gasteiger partial charge in [-0.1, -0.05) is 19.3 Å². The first-order valence-electron chi connectivity index (χ1n) is 5.18. The van der Waals surface area contributed by atoms with Gasteiger partial charge in [-0.3, -0.25) is 0 Å². The van der Waals surface area contributed by atoms with Crippen molar-refractivity contribution in [3.8, 4) is 0 Å². The van der Waals surface area contributed by atoms with Crippen molar-refractivity contribution in [1.82, 2.24) is 4.57 Å². The molecule has 0 saturated heterocycles. The van der Waals surface area contributed by atoms with Gasteiger partial charge in [0.1, 0.15) is 0 Å². The predicted octanol–water partition coefficient (Wildman–Crippen LogP) is 2.49. The fourth-order valence-electron chi connectivity index (χ4n) is 2.28. The van der Waals surface area contributed by atoms with Gasteiger partial charge in [0.05, 0.1) is 6.61 Å². The van der Waals surface area contributed by atoms with Crippen LogP contribution in [0.15, 0.2) is 18.3 Å². The van der Waals surface area contributed by atoms with Crippen molar-refractivity contribution in [2.45, 2.75) is 44.8 Å². The van der Waals surface area contributed by atoms with E-state index in [1.165, 1.54) is 32.1 Å². The SMILES string of the molecule is OCc1cccn1C1CCCCC1. The van der Waals surface area contributed by atoms with Crippen molar-refractivity contribution in [3.63, 3.8) is 0 Å². The van der Waals surface area contributed by atoms with Gasteiger partial charge in [0.2, 0.25) is 0 Å². The van der Waals surface area contributed by atoms with Gasteiger partial charge in [0.25, 0.3) is 0 Å². The Kier molecular flexibility index (Phi) is 2.69. The molecule has 1 aromatic rings. The average Bonchev–Trinajstić information content (AvgIpc) is 2.67. The molecule has 0 spiro atoms. The Bertz CT molecular complexity index is 261. The number of aromatic nitrogens is 1. The molecule has 0 unspecified atom stereocenters. The third kappa shape index (κ3) is 1.78. The normalized spacial score (nSPS) is 19.2. The smallest absolute Gasteiger partial charge is 0.0832 e. The zero-order valence-corrected chi connectivity index (χ0v) is 7.95. The van der Waals surface area contributed by atoms with Crippen LogP contribution in [0.1, 0.15) is 43.8 Å². The van der Waals surface area contributed by atoms with Crippen LogP contribution in [-0.2, 0) is 6.61 Å². The Morgan fingerprint density at radius 2 is 2.08 bits per heavy atom. The van der Waals surface area contributed by atoms with Crippen LogP contribution in [0.25, 0.3) is 0 Å². The molecule has 13 heavy (non-hydrogen) atoms. The highest BCUT2D eigenvalue weighted by molar-refractivity contribution is 5.07. The summed E-state index contributed by atoms with van der Waals surface area (Å²) in [6.45, 7) is 0.170. The minimum Gasteiger partial charge on any atom is -0.390 e. The summed E-state index contributed by atoms with van der Waals surface area (Å²) >= 11 is 0. The van der Waals surface area contributed by atoms with Crippen LogP contribution >= 0.6 is 0 Å². The van der Waals surface area contributed by atoms with Gasteiger partial charge in [0.15, 0.2) is 0 Å². The molecule has 1 fully saturated rings. The first-order chi connectivity index (χ1) is 6.42. The van der Waals surface area contributed by atoms with Crippen molar-refractivity contribution in [2.75, 3.05) is 0 Å². The lowest BCUT2D eigenvalue weighted by molar-refractivity contribution is 0.257. The molecule has 72 valence electrons. The van der Waals surface area contributed by atoms with Gasteiger partial charge in [-0.05, 0) is 25.0 Å². The molecule has 1 saturated carbocycles. The van der Waals surface area contributed by atoms with Crippen molar-refractivity contribution >= 4 is 0 Å². The van der Waals surface area contributed by atoms with Crippen LogP contribution in [0.2, 0.25) is 0 Å². The molecule has 0 atom stereocenters. The summed E-state index contributed by atoms with van der Waals surface area (Å²) in [6, 6.07) is 4.68. The number of nitrogens with zero attached hydrogens (tertiary/aromatic N) is 1. The Morgan fingerprint density at radius 1 is 1.31 bits per heavy atom. The van der Waals surface area contributed by atoms with E-state index in [2.05, 4.69) is 10.8 Å².